The lowest BCUT2D eigenvalue weighted by atomic mass is 9.71. The normalized spacial score (nSPS) is 18.4. The highest BCUT2D eigenvalue weighted by Crippen LogP contribution is 2.57. The Hall–Kier alpha value is -1.71. The first kappa shape index (κ1) is 12.3. The lowest BCUT2D eigenvalue weighted by molar-refractivity contribution is 0.168. The number of aliphatic imine (C=N–C) groups is 1. The molecule has 100 valence electrons. The van der Waals surface area contributed by atoms with E-state index in [2.05, 4.69) is 4.99 Å². The fourth-order valence-electron chi connectivity index (χ4n) is 2.63. The molecule has 1 aromatic carbocycles. The van der Waals surface area contributed by atoms with Crippen molar-refractivity contribution in [1.29, 1.82) is 0 Å². The largest absolute Gasteiger partial charge is 0.495 e. The highest BCUT2D eigenvalue weighted by atomic mass is 35.5. The van der Waals surface area contributed by atoms with Crippen molar-refractivity contribution in [2.45, 2.75) is 24.8 Å². The van der Waals surface area contributed by atoms with E-state index in [0.29, 0.717) is 27.8 Å². The van der Waals surface area contributed by atoms with E-state index in [4.69, 9.17) is 25.8 Å². The molecule has 1 fully saturated rings. The molecular formula is C13H12ClNO4. The standard InChI is InChI=1S/C13H12ClNO4/c1-17-11-8(14)5-9-12(19-7-18-9)10(11)13(15-6-16)3-2-4-13/h5H,2-4,7H2,1H3. The molecule has 19 heavy (non-hydrogen) atoms. The van der Waals surface area contributed by atoms with Crippen LogP contribution in [0, 0.1) is 0 Å². The second-order valence-electron chi connectivity index (χ2n) is 4.59. The van der Waals surface area contributed by atoms with Crippen LogP contribution in [-0.2, 0) is 10.3 Å². The molecule has 0 amide bonds. The average Bonchev–Trinajstić information content (AvgIpc) is 2.80. The summed E-state index contributed by atoms with van der Waals surface area (Å²) >= 11 is 6.20. The third-order valence-electron chi connectivity index (χ3n) is 3.68. The molecule has 0 unspecified atom stereocenters. The highest BCUT2D eigenvalue weighted by molar-refractivity contribution is 6.32. The van der Waals surface area contributed by atoms with Crippen molar-refractivity contribution in [2.24, 2.45) is 4.99 Å². The first-order chi connectivity index (χ1) is 9.22. The average molecular weight is 282 g/mol. The molecule has 5 nitrogen and oxygen atoms in total. The molecule has 0 bridgehead atoms. The van der Waals surface area contributed by atoms with E-state index >= 15 is 0 Å². The predicted molar refractivity (Wildman–Crippen MR) is 67.8 cm³/mol. The lowest BCUT2D eigenvalue weighted by Gasteiger charge is -2.38. The smallest absolute Gasteiger partial charge is 0.235 e. The van der Waals surface area contributed by atoms with E-state index in [0.717, 1.165) is 19.3 Å². The van der Waals surface area contributed by atoms with Gasteiger partial charge in [-0.05, 0) is 19.3 Å². The predicted octanol–water partition coefficient (Wildman–Crippen LogP) is 2.79. The maximum atomic E-state index is 10.7. The summed E-state index contributed by atoms with van der Waals surface area (Å²) in [7, 11) is 1.53. The van der Waals surface area contributed by atoms with Gasteiger partial charge in [0.2, 0.25) is 12.9 Å². The summed E-state index contributed by atoms with van der Waals surface area (Å²) in [4.78, 5) is 14.7. The molecule has 0 atom stereocenters. The Morgan fingerprint density at radius 1 is 1.47 bits per heavy atom. The molecule has 1 saturated carbocycles. The Labute approximate surface area is 115 Å². The third kappa shape index (κ3) is 1.70. The second kappa shape index (κ2) is 4.44. The van der Waals surface area contributed by atoms with Crippen molar-refractivity contribution in [3.63, 3.8) is 0 Å². The minimum Gasteiger partial charge on any atom is -0.495 e. The molecule has 1 aliphatic carbocycles. The molecule has 1 heterocycles. The quantitative estimate of drug-likeness (QED) is 0.631. The molecule has 0 saturated heterocycles. The Morgan fingerprint density at radius 2 is 2.26 bits per heavy atom. The number of halogens is 1. The number of methoxy groups -OCH3 is 1. The summed E-state index contributed by atoms with van der Waals surface area (Å²) in [5.74, 6) is 1.62. The number of hydrogen-bond donors (Lipinski definition) is 0. The molecule has 0 N–H and O–H groups in total. The van der Waals surface area contributed by atoms with Gasteiger partial charge in [0.25, 0.3) is 0 Å². The number of benzene rings is 1. The Balaban J connectivity index is 2.26. The Morgan fingerprint density at radius 3 is 2.84 bits per heavy atom. The van der Waals surface area contributed by atoms with Gasteiger partial charge < -0.3 is 14.2 Å². The molecule has 1 aromatic rings. The Bertz CT molecular complexity index is 573. The van der Waals surface area contributed by atoms with Crippen LogP contribution in [0.2, 0.25) is 5.02 Å². The number of carbonyl (C=O) groups excluding carboxylic acids is 1. The van der Waals surface area contributed by atoms with Gasteiger partial charge >= 0.3 is 0 Å². The number of rotatable bonds is 3. The molecule has 6 heteroatoms. The minimum atomic E-state index is -0.643. The van der Waals surface area contributed by atoms with Gasteiger partial charge in [-0.2, -0.15) is 4.99 Å². The first-order valence-electron chi connectivity index (χ1n) is 5.97. The van der Waals surface area contributed by atoms with E-state index in [-0.39, 0.29) is 6.79 Å². The van der Waals surface area contributed by atoms with Gasteiger partial charge in [0.1, 0.15) is 11.3 Å². The first-order valence-corrected chi connectivity index (χ1v) is 6.35. The fourth-order valence-corrected chi connectivity index (χ4v) is 2.90. The summed E-state index contributed by atoms with van der Waals surface area (Å²) < 4.78 is 16.2. The highest BCUT2D eigenvalue weighted by Gasteiger charge is 2.46. The maximum absolute atomic E-state index is 10.7. The molecule has 1 aliphatic heterocycles. The van der Waals surface area contributed by atoms with Gasteiger partial charge in [-0.25, -0.2) is 4.79 Å². The van der Waals surface area contributed by atoms with Crippen molar-refractivity contribution in [1.82, 2.24) is 0 Å². The summed E-state index contributed by atoms with van der Waals surface area (Å²) in [6.07, 6.45) is 4.12. The lowest BCUT2D eigenvalue weighted by Crippen LogP contribution is -2.32. The summed E-state index contributed by atoms with van der Waals surface area (Å²) in [5, 5.41) is 0.425. The maximum Gasteiger partial charge on any atom is 0.235 e. The zero-order valence-corrected chi connectivity index (χ0v) is 11.1. The van der Waals surface area contributed by atoms with Crippen LogP contribution in [-0.4, -0.2) is 20.0 Å². The van der Waals surface area contributed by atoms with Gasteiger partial charge in [-0.15, -0.1) is 0 Å². The zero-order valence-electron chi connectivity index (χ0n) is 10.4. The van der Waals surface area contributed by atoms with Crippen molar-refractivity contribution >= 4 is 17.7 Å². The zero-order chi connectivity index (χ0) is 13.5. The van der Waals surface area contributed by atoms with E-state index in [1.807, 2.05) is 0 Å². The van der Waals surface area contributed by atoms with Crippen molar-refractivity contribution in [3.05, 3.63) is 16.7 Å². The third-order valence-corrected chi connectivity index (χ3v) is 3.96. The van der Waals surface area contributed by atoms with E-state index < -0.39 is 5.54 Å². The van der Waals surface area contributed by atoms with Crippen LogP contribution < -0.4 is 14.2 Å². The molecule has 0 aromatic heterocycles. The summed E-state index contributed by atoms with van der Waals surface area (Å²) in [6, 6.07) is 1.66. The van der Waals surface area contributed by atoms with E-state index in [1.54, 1.807) is 12.1 Å². The van der Waals surface area contributed by atoms with E-state index in [9.17, 15) is 4.79 Å². The van der Waals surface area contributed by atoms with Crippen LogP contribution in [0.4, 0.5) is 0 Å². The SMILES string of the molecule is COc1c(Cl)cc2c(c1C1(N=C=O)CCC1)OCO2. The molecular weight excluding hydrogens is 270 g/mol. The molecule has 2 aliphatic rings. The number of isocyanates is 1. The number of hydrogen-bond acceptors (Lipinski definition) is 5. The van der Waals surface area contributed by atoms with Crippen LogP contribution in [0.1, 0.15) is 24.8 Å². The van der Waals surface area contributed by atoms with Crippen LogP contribution in [0.5, 0.6) is 17.2 Å². The second-order valence-corrected chi connectivity index (χ2v) is 5.00. The Kier molecular flexibility index (Phi) is 2.88. The topological polar surface area (TPSA) is 57.1 Å². The van der Waals surface area contributed by atoms with Gasteiger partial charge in [0, 0.05) is 6.07 Å². The van der Waals surface area contributed by atoms with Crippen LogP contribution in [0.3, 0.4) is 0 Å². The van der Waals surface area contributed by atoms with Gasteiger partial charge in [-0.3, -0.25) is 0 Å². The van der Waals surface area contributed by atoms with Gasteiger partial charge in [-0.1, -0.05) is 11.6 Å². The monoisotopic (exact) mass is 281 g/mol. The van der Waals surface area contributed by atoms with Gasteiger partial charge in [0.05, 0.1) is 17.7 Å². The van der Waals surface area contributed by atoms with Crippen molar-refractivity contribution in [3.8, 4) is 17.2 Å². The number of nitrogens with zero attached hydrogens (tertiary/aromatic N) is 1. The van der Waals surface area contributed by atoms with Crippen LogP contribution in [0.15, 0.2) is 11.1 Å². The number of ether oxygens (including phenoxy) is 3. The number of fused-ring (bicyclic) bond motifs is 1. The minimum absolute atomic E-state index is 0.132. The summed E-state index contributed by atoms with van der Waals surface area (Å²) in [6.45, 7) is 0.132. The van der Waals surface area contributed by atoms with Crippen molar-refractivity contribution < 1.29 is 19.0 Å². The molecule has 0 radical (unpaired) electrons. The van der Waals surface area contributed by atoms with Crippen LogP contribution >= 0.6 is 11.6 Å². The molecule has 0 spiro atoms. The van der Waals surface area contributed by atoms with Crippen molar-refractivity contribution in [2.75, 3.05) is 13.9 Å². The molecule has 3 rings (SSSR count). The summed E-state index contributed by atoms with van der Waals surface area (Å²) in [5.41, 5.74) is 0.0556. The van der Waals surface area contributed by atoms with Gasteiger partial charge in [0.15, 0.2) is 11.5 Å². The van der Waals surface area contributed by atoms with Crippen LogP contribution in [0.25, 0.3) is 0 Å². The fraction of sp³-hybridized carbons (Fsp3) is 0.462. The van der Waals surface area contributed by atoms with E-state index in [1.165, 1.54) is 7.11 Å².